The average molecular weight is 167 g/mol. The van der Waals surface area contributed by atoms with Crippen LogP contribution in [0.2, 0.25) is 0 Å². The fourth-order valence-electron chi connectivity index (χ4n) is 1.11. The van der Waals surface area contributed by atoms with Gasteiger partial charge in [0.2, 0.25) is 0 Å². The Morgan fingerprint density at radius 2 is 1.58 bits per heavy atom. The minimum absolute atomic E-state index is 0.500. The molecular weight excluding hydrogens is 154 g/mol. The SMILES string of the molecule is Cc1cc(C)[nH+]c(C)c1.O=C[O-]. The number of nitrogens with one attached hydrogen (secondary N) is 1. The van der Waals surface area contributed by atoms with Gasteiger partial charge in [-0.3, -0.25) is 0 Å². The number of pyridine rings is 1. The minimum atomic E-state index is -0.500. The Hall–Kier alpha value is -1.38. The van der Waals surface area contributed by atoms with Crippen molar-refractivity contribution in [1.29, 1.82) is 0 Å². The minimum Gasteiger partial charge on any atom is -0.554 e. The predicted octanol–water partition coefficient (Wildman–Crippen LogP) is -0.208. The Morgan fingerprint density at radius 1 is 1.25 bits per heavy atom. The summed E-state index contributed by atoms with van der Waals surface area (Å²) in [6, 6.07) is 4.26. The molecule has 3 nitrogen and oxygen atoms in total. The summed E-state index contributed by atoms with van der Waals surface area (Å²) in [5.74, 6) is 0. The number of hydrogen-bond donors (Lipinski definition) is 0. The number of hydrogen-bond acceptors (Lipinski definition) is 2. The lowest BCUT2D eigenvalue weighted by atomic mass is 10.2. The zero-order chi connectivity index (χ0) is 9.56. The van der Waals surface area contributed by atoms with E-state index in [0.29, 0.717) is 0 Å². The number of rotatable bonds is 0. The highest BCUT2D eigenvalue weighted by molar-refractivity contribution is 5.29. The van der Waals surface area contributed by atoms with Crippen LogP contribution in [0.1, 0.15) is 17.0 Å². The van der Waals surface area contributed by atoms with Gasteiger partial charge in [-0.1, -0.05) is 0 Å². The largest absolute Gasteiger partial charge is 0.554 e. The molecule has 0 aliphatic rings. The van der Waals surface area contributed by atoms with Gasteiger partial charge in [0, 0.05) is 32.5 Å². The number of carbonyl (C=O) groups is 1. The van der Waals surface area contributed by atoms with Crippen LogP contribution in [0.5, 0.6) is 0 Å². The number of aromatic amines is 1. The summed E-state index contributed by atoms with van der Waals surface area (Å²) in [5, 5.41) is 8.25. The number of carbonyl (C=O) groups excluding carboxylic acids is 1. The molecule has 0 aliphatic carbocycles. The molecule has 0 radical (unpaired) electrons. The van der Waals surface area contributed by atoms with Gasteiger partial charge in [-0.05, 0) is 12.5 Å². The van der Waals surface area contributed by atoms with E-state index in [2.05, 4.69) is 37.9 Å². The summed E-state index contributed by atoms with van der Waals surface area (Å²) in [7, 11) is 0. The third-order valence-electron chi connectivity index (χ3n) is 1.28. The van der Waals surface area contributed by atoms with Crippen molar-refractivity contribution in [2.45, 2.75) is 20.8 Å². The molecule has 3 heteroatoms. The van der Waals surface area contributed by atoms with E-state index in [1.807, 2.05) is 0 Å². The van der Waals surface area contributed by atoms with Gasteiger partial charge >= 0.3 is 0 Å². The Morgan fingerprint density at radius 3 is 1.83 bits per heavy atom. The average Bonchev–Trinajstić information content (AvgIpc) is 1.84. The highest BCUT2D eigenvalue weighted by Crippen LogP contribution is 1.97. The van der Waals surface area contributed by atoms with Gasteiger partial charge < -0.3 is 9.90 Å². The maximum absolute atomic E-state index is 8.25. The first-order valence-corrected chi connectivity index (χ1v) is 3.63. The standard InChI is InChI=1S/C8H11N.CH2O2/c1-6-4-7(2)9-8(3)5-6;2-1-3/h4-5H,1-3H3;1H,(H,2,3). The summed E-state index contributed by atoms with van der Waals surface area (Å²) in [5.41, 5.74) is 3.78. The predicted molar refractivity (Wildman–Crippen MR) is 43.3 cm³/mol. The molecule has 0 saturated heterocycles. The maximum Gasteiger partial charge on any atom is 0.176 e. The van der Waals surface area contributed by atoms with E-state index < -0.39 is 6.47 Å². The third kappa shape index (κ3) is 4.44. The van der Waals surface area contributed by atoms with Crippen LogP contribution in [0, 0.1) is 20.8 Å². The molecule has 1 heterocycles. The number of aryl methyl sites for hydroxylation is 3. The van der Waals surface area contributed by atoms with Crippen LogP contribution in [0.15, 0.2) is 12.1 Å². The summed E-state index contributed by atoms with van der Waals surface area (Å²) in [4.78, 5) is 11.5. The number of H-pyrrole nitrogens is 1. The van der Waals surface area contributed by atoms with Crippen LogP contribution >= 0.6 is 0 Å². The van der Waals surface area contributed by atoms with Crippen molar-refractivity contribution in [3.8, 4) is 0 Å². The second kappa shape index (κ2) is 5.29. The van der Waals surface area contributed by atoms with Crippen LogP contribution in [0.25, 0.3) is 0 Å². The molecule has 0 bridgehead atoms. The fraction of sp³-hybridized carbons (Fsp3) is 0.333. The molecule has 12 heavy (non-hydrogen) atoms. The molecule has 0 amide bonds. The molecule has 0 unspecified atom stereocenters. The lowest BCUT2D eigenvalue weighted by Crippen LogP contribution is -2.11. The van der Waals surface area contributed by atoms with Crippen molar-refractivity contribution in [1.82, 2.24) is 0 Å². The van der Waals surface area contributed by atoms with E-state index in [-0.39, 0.29) is 0 Å². The van der Waals surface area contributed by atoms with E-state index in [0.717, 1.165) is 0 Å². The summed E-state index contributed by atoms with van der Waals surface area (Å²) in [6.07, 6.45) is 0. The molecule has 1 aromatic heterocycles. The summed E-state index contributed by atoms with van der Waals surface area (Å²) >= 11 is 0. The van der Waals surface area contributed by atoms with Gasteiger partial charge in [0.1, 0.15) is 0 Å². The Balaban J connectivity index is 0.000000354. The van der Waals surface area contributed by atoms with Gasteiger partial charge in [0.05, 0.1) is 0 Å². The van der Waals surface area contributed by atoms with Crippen LogP contribution in [-0.4, -0.2) is 6.47 Å². The highest BCUT2D eigenvalue weighted by Gasteiger charge is 1.95. The van der Waals surface area contributed by atoms with Crippen LogP contribution < -0.4 is 10.1 Å². The monoisotopic (exact) mass is 167 g/mol. The summed E-state index contributed by atoms with van der Waals surface area (Å²) < 4.78 is 0. The molecular formula is C9H13NO2. The van der Waals surface area contributed by atoms with Crippen LogP contribution in [-0.2, 0) is 4.79 Å². The topological polar surface area (TPSA) is 54.3 Å². The van der Waals surface area contributed by atoms with Gasteiger partial charge in [-0.2, -0.15) is 0 Å². The molecule has 0 aliphatic heterocycles. The molecule has 0 spiro atoms. The smallest absolute Gasteiger partial charge is 0.176 e. The van der Waals surface area contributed by atoms with Crippen molar-refractivity contribution in [3.05, 3.63) is 29.1 Å². The van der Waals surface area contributed by atoms with Gasteiger partial charge in [-0.25, -0.2) is 4.98 Å². The molecule has 66 valence electrons. The molecule has 0 aromatic carbocycles. The fourth-order valence-corrected chi connectivity index (χ4v) is 1.11. The van der Waals surface area contributed by atoms with Crippen LogP contribution in [0.4, 0.5) is 0 Å². The Labute approximate surface area is 72.1 Å². The lowest BCUT2D eigenvalue weighted by Gasteiger charge is -1.89. The molecule has 0 saturated carbocycles. The first kappa shape index (κ1) is 10.6. The van der Waals surface area contributed by atoms with Gasteiger partial charge in [0.25, 0.3) is 0 Å². The van der Waals surface area contributed by atoms with Crippen molar-refractivity contribution < 1.29 is 14.9 Å². The molecule has 1 aromatic rings. The zero-order valence-corrected chi connectivity index (χ0v) is 7.55. The maximum atomic E-state index is 8.25. The second-order valence-electron chi connectivity index (χ2n) is 2.62. The van der Waals surface area contributed by atoms with Crippen LogP contribution in [0.3, 0.4) is 0 Å². The highest BCUT2D eigenvalue weighted by atomic mass is 16.3. The lowest BCUT2D eigenvalue weighted by molar-refractivity contribution is -0.396. The first-order chi connectivity index (χ1) is 5.60. The molecule has 1 N–H and O–H groups in total. The normalized spacial score (nSPS) is 8.25. The van der Waals surface area contributed by atoms with Gasteiger partial charge in [-0.15, -0.1) is 0 Å². The van der Waals surface area contributed by atoms with Gasteiger partial charge in [0.15, 0.2) is 11.4 Å². The first-order valence-electron chi connectivity index (χ1n) is 3.63. The second-order valence-corrected chi connectivity index (χ2v) is 2.62. The number of carboxylic acid groups (broad SMARTS) is 1. The van der Waals surface area contributed by atoms with E-state index in [1.165, 1.54) is 17.0 Å². The third-order valence-corrected chi connectivity index (χ3v) is 1.28. The molecule has 1 rings (SSSR count). The van der Waals surface area contributed by atoms with E-state index in [1.54, 1.807) is 0 Å². The van der Waals surface area contributed by atoms with Crippen molar-refractivity contribution in [3.63, 3.8) is 0 Å². The van der Waals surface area contributed by atoms with Crippen molar-refractivity contribution >= 4 is 6.47 Å². The Bertz CT molecular complexity index is 208. The summed E-state index contributed by atoms with van der Waals surface area (Å²) in [6.45, 7) is 5.74. The van der Waals surface area contributed by atoms with E-state index in [4.69, 9.17) is 9.90 Å². The van der Waals surface area contributed by atoms with E-state index in [9.17, 15) is 0 Å². The Kier molecular flexibility index (Phi) is 4.69. The van der Waals surface area contributed by atoms with Crippen molar-refractivity contribution in [2.75, 3.05) is 0 Å². The molecule has 0 atom stereocenters. The number of aromatic nitrogens is 1. The quantitative estimate of drug-likeness (QED) is 0.502. The van der Waals surface area contributed by atoms with E-state index >= 15 is 0 Å². The zero-order valence-electron chi connectivity index (χ0n) is 7.55. The molecule has 0 fully saturated rings. The van der Waals surface area contributed by atoms with Crippen molar-refractivity contribution in [2.24, 2.45) is 0 Å².